The molecular formula is C68H127N2O7P. The molecule has 0 aliphatic carbocycles. The number of hydrogen-bond donors (Lipinski definition) is 1. The molecule has 0 aromatic heterocycles. The minimum absolute atomic E-state index is 0.0236. The summed E-state index contributed by atoms with van der Waals surface area (Å²) in [4.78, 5) is 40.0. The minimum Gasteiger partial charge on any atom is -0.756 e. The van der Waals surface area contributed by atoms with E-state index in [-0.39, 0.29) is 31.5 Å². The van der Waals surface area contributed by atoms with E-state index in [4.69, 9.17) is 13.8 Å². The maximum atomic E-state index is 13.6. The molecule has 3 unspecified atom stereocenters. The zero-order valence-electron chi connectivity index (χ0n) is 52.1. The molecule has 0 saturated heterocycles. The number of quaternary nitrogens is 1. The van der Waals surface area contributed by atoms with Crippen LogP contribution >= 0.6 is 7.82 Å². The van der Waals surface area contributed by atoms with Gasteiger partial charge in [0.05, 0.1) is 33.8 Å². The van der Waals surface area contributed by atoms with Crippen LogP contribution in [0.2, 0.25) is 0 Å². The monoisotopic (exact) mass is 1110 g/mol. The van der Waals surface area contributed by atoms with Gasteiger partial charge in [-0.3, -0.25) is 14.2 Å². The second-order valence-electron chi connectivity index (χ2n) is 23.6. The fourth-order valence-electron chi connectivity index (χ4n) is 9.52. The predicted molar refractivity (Wildman–Crippen MR) is 335 cm³/mol. The van der Waals surface area contributed by atoms with Gasteiger partial charge in [-0.1, -0.05) is 262 Å². The van der Waals surface area contributed by atoms with Gasteiger partial charge in [0.15, 0.2) is 0 Å². The first kappa shape index (κ1) is 75.7. The highest BCUT2D eigenvalue weighted by atomic mass is 31.2. The molecule has 0 radical (unpaired) electrons. The number of nitrogens with zero attached hydrogens (tertiary/aromatic N) is 1. The molecule has 0 fully saturated rings. The molecule has 1 amide bonds. The third kappa shape index (κ3) is 58.4. The molecule has 0 saturated carbocycles. The van der Waals surface area contributed by atoms with Crippen molar-refractivity contribution in [1.29, 1.82) is 0 Å². The van der Waals surface area contributed by atoms with Crippen molar-refractivity contribution in [3.05, 3.63) is 60.8 Å². The number of nitrogens with one attached hydrogen (secondary N) is 1. The lowest BCUT2D eigenvalue weighted by molar-refractivity contribution is -0.870. The Kier molecular flexibility index (Phi) is 56.2. The average molecular weight is 1120 g/mol. The molecule has 0 spiro atoms. The van der Waals surface area contributed by atoms with Crippen molar-refractivity contribution in [3.63, 3.8) is 0 Å². The largest absolute Gasteiger partial charge is 0.756 e. The van der Waals surface area contributed by atoms with Crippen molar-refractivity contribution in [2.24, 2.45) is 0 Å². The molecule has 456 valence electrons. The van der Waals surface area contributed by atoms with Crippen LogP contribution in [0.15, 0.2) is 60.8 Å². The lowest BCUT2D eigenvalue weighted by Gasteiger charge is -2.30. The number of esters is 1. The number of likely N-dealkylation sites (N-methyl/N-ethyl adjacent to an activating group) is 1. The Bertz CT molecular complexity index is 1520. The van der Waals surface area contributed by atoms with Crippen LogP contribution in [0, 0.1) is 0 Å². The summed E-state index contributed by atoms with van der Waals surface area (Å²) in [5.74, 6) is -0.540. The van der Waals surface area contributed by atoms with Crippen LogP contribution in [-0.2, 0) is 27.9 Å². The SMILES string of the molecule is CCCCC/C=C\C/C=C\C/C=C\CCCCCCCCCCCCCCC(=O)NC(COP(=O)([O-])OCC[N+](C)(C)C)C(/C=C\CCCCCCCCCCCC)OC(=O)CCCCCCCCC/C=C\CCCCCC. The minimum atomic E-state index is -4.70. The molecule has 0 bridgehead atoms. The van der Waals surface area contributed by atoms with E-state index in [0.717, 1.165) is 83.5 Å². The molecule has 0 aromatic carbocycles. The van der Waals surface area contributed by atoms with Crippen molar-refractivity contribution >= 4 is 19.7 Å². The lowest BCUT2D eigenvalue weighted by Crippen LogP contribution is -2.47. The highest BCUT2D eigenvalue weighted by molar-refractivity contribution is 7.45. The van der Waals surface area contributed by atoms with Gasteiger partial charge in [-0.2, -0.15) is 0 Å². The number of allylic oxidation sites excluding steroid dienone is 9. The van der Waals surface area contributed by atoms with E-state index in [2.05, 4.69) is 74.7 Å². The highest BCUT2D eigenvalue weighted by Crippen LogP contribution is 2.38. The summed E-state index contributed by atoms with van der Waals surface area (Å²) in [5, 5.41) is 3.04. The standard InChI is InChI=1S/C68H127N2O7P/c1-7-10-13-16-19-22-25-28-30-31-32-33-34-35-36-37-38-39-41-42-45-48-51-54-57-60-67(71)69-65(64-76-78(73,74)75-63-62-70(4,5)6)66(59-56-53-50-47-44-27-24-21-18-15-12-9-3)77-68(72)61-58-55-52-49-46-43-40-29-26-23-20-17-14-11-8-2/h19,22-23,26,28,30,32-33,56,59,65-66H,7-18,20-21,24-25,27,29,31,34-55,57-58,60-64H2,1-6H3,(H-,69,71,73,74)/b22-19-,26-23-,30-28-,33-32-,59-56-. The van der Waals surface area contributed by atoms with Crippen molar-refractivity contribution < 1.29 is 37.3 Å². The van der Waals surface area contributed by atoms with Gasteiger partial charge in [0.25, 0.3) is 7.82 Å². The van der Waals surface area contributed by atoms with Gasteiger partial charge < -0.3 is 28.5 Å². The summed E-state index contributed by atoms with van der Waals surface area (Å²) in [6.07, 6.45) is 73.3. The number of rotatable bonds is 60. The summed E-state index contributed by atoms with van der Waals surface area (Å²) in [7, 11) is 1.19. The first-order valence-corrected chi connectivity index (χ1v) is 34.6. The quantitative estimate of drug-likeness (QED) is 0.0212. The molecular weight excluding hydrogens is 988 g/mol. The maximum Gasteiger partial charge on any atom is 0.306 e. The molecule has 3 atom stereocenters. The Balaban J connectivity index is 5.10. The van der Waals surface area contributed by atoms with E-state index in [9.17, 15) is 19.0 Å². The van der Waals surface area contributed by atoms with Gasteiger partial charge in [0.1, 0.15) is 19.3 Å². The van der Waals surface area contributed by atoms with Crippen LogP contribution in [0.25, 0.3) is 0 Å². The van der Waals surface area contributed by atoms with Gasteiger partial charge in [0, 0.05) is 12.8 Å². The Morgan fingerprint density at radius 1 is 0.449 bits per heavy atom. The van der Waals surface area contributed by atoms with Crippen LogP contribution in [0.4, 0.5) is 0 Å². The third-order valence-corrected chi connectivity index (χ3v) is 15.6. The summed E-state index contributed by atoms with van der Waals surface area (Å²) in [6, 6.07) is -0.891. The molecule has 0 aliphatic rings. The fraction of sp³-hybridized carbons (Fsp3) is 0.824. The molecule has 1 N–H and O–H groups in total. The second-order valence-corrected chi connectivity index (χ2v) is 25.0. The average Bonchev–Trinajstić information content (AvgIpc) is 3.40. The number of phosphoric ester groups is 1. The smallest absolute Gasteiger partial charge is 0.306 e. The maximum absolute atomic E-state index is 13.6. The van der Waals surface area contributed by atoms with Gasteiger partial charge >= 0.3 is 5.97 Å². The Morgan fingerprint density at radius 2 is 0.782 bits per heavy atom. The number of amides is 1. The molecule has 0 rings (SSSR count). The van der Waals surface area contributed by atoms with Gasteiger partial charge in [-0.05, 0) is 96.0 Å². The summed E-state index contributed by atoms with van der Waals surface area (Å²) in [5.41, 5.74) is 0. The normalized spacial score (nSPS) is 14.0. The van der Waals surface area contributed by atoms with Crippen LogP contribution in [0.1, 0.15) is 310 Å². The molecule has 0 aromatic rings. The number of carbonyl (C=O) groups excluding carboxylic acids is 2. The fourth-order valence-corrected chi connectivity index (χ4v) is 10.2. The molecule has 0 aliphatic heterocycles. The number of hydrogen-bond acceptors (Lipinski definition) is 7. The number of carbonyl (C=O) groups is 2. The zero-order valence-corrected chi connectivity index (χ0v) is 53.0. The summed E-state index contributed by atoms with van der Waals surface area (Å²) < 4.78 is 30.4. The predicted octanol–water partition coefficient (Wildman–Crippen LogP) is 20.0. The van der Waals surface area contributed by atoms with Gasteiger partial charge in [-0.15, -0.1) is 0 Å². The Labute approximate surface area is 483 Å². The third-order valence-electron chi connectivity index (χ3n) is 14.7. The van der Waals surface area contributed by atoms with Crippen LogP contribution < -0.4 is 10.2 Å². The van der Waals surface area contributed by atoms with E-state index in [1.165, 1.54) is 193 Å². The number of ether oxygens (including phenoxy) is 1. The lowest BCUT2D eigenvalue weighted by atomic mass is 10.0. The topological polar surface area (TPSA) is 114 Å². The first-order chi connectivity index (χ1) is 37.9. The second kappa shape index (κ2) is 57.9. The van der Waals surface area contributed by atoms with Crippen LogP contribution in [0.5, 0.6) is 0 Å². The first-order valence-electron chi connectivity index (χ1n) is 33.1. The van der Waals surface area contributed by atoms with Crippen LogP contribution in [0.3, 0.4) is 0 Å². The van der Waals surface area contributed by atoms with E-state index < -0.39 is 20.0 Å². The van der Waals surface area contributed by atoms with Crippen molar-refractivity contribution in [2.75, 3.05) is 40.9 Å². The molecule has 10 heteroatoms. The summed E-state index contributed by atoms with van der Waals surface area (Å²) >= 11 is 0. The van der Waals surface area contributed by atoms with Crippen LogP contribution in [-0.4, -0.2) is 69.4 Å². The van der Waals surface area contributed by atoms with E-state index in [1.54, 1.807) is 0 Å². The zero-order chi connectivity index (χ0) is 57.2. The van der Waals surface area contributed by atoms with E-state index in [0.29, 0.717) is 17.4 Å². The highest BCUT2D eigenvalue weighted by Gasteiger charge is 2.27. The van der Waals surface area contributed by atoms with Crippen molar-refractivity contribution in [3.8, 4) is 0 Å². The Morgan fingerprint density at radius 3 is 1.22 bits per heavy atom. The molecule has 78 heavy (non-hydrogen) atoms. The van der Waals surface area contributed by atoms with Gasteiger partial charge in [-0.25, -0.2) is 0 Å². The molecule has 9 nitrogen and oxygen atoms in total. The van der Waals surface area contributed by atoms with E-state index in [1.807, 2.05) is 33.3 Å². The number of unbranched alkanes of at least 4 members (excludes halogenated alkanes) is 36. The number of phosphoric acid groups is 1. The van der Waals surface area contributed by atoms with Crippen molar-refractivity contribution in [2.45, 2.75) is 322 Å². The van der Waals surface area contributed by atoms with Gasteiger partial charge in [0.2, 0.25) is 5.91 Å². The molecule has 0 heterocycles. The Hall–Kier alpha value is -2.29. The van der Waals surface area contributed by atoms with E-state index >= 15 is 0 Å². The summed E-state index contributed by atoms with van der Waals surface area (Å²) in [6.45, 7) is 6.82. The van der Waals surface area contributed by atoms with Crippen molar-refractivity contribution in [1.82, 2.24) is 5.32 Å².